The highest BCUT2D eigenvalue weighted by Gasteiger charge is 2.49. The molecule has 0 radical (unpaired) electrons. The first-order valence-corrected chi connectivity index (χ1v) is 7.93. The molecule has 3 fully saturated rings. The molecule has 1 unspecified atom stereocenters. The van der Waals surface area contributed by atoms with E-state index in [0.29, 0.717) is 11.5 Å². The molecule has 2 saturated carbocycles. The third-order valence-corrected chi connectivity index (χ3v) is 6.09. The molecule has 1 heterocycles. The summed E-state index contributed by atoms with van der Waals surface area (Å²) >= 11 is 0. The van der Waals surface area contributed by atoms with Crippen LogP contribution in [0.5, 0.6) is 0 Å². The van der Waals surface area contributed by atoms with Gasteiger partial charge >= 0.3 is 0 Å². The second kappa shape index (κ2) is 4.91. The van der Waals surface area contributed by atoms with Crippen LogP contribution in [0.15, 0.2) is 0 Å². The van der Waals surface area contributed by atoms with Gasteiger partial charge in [-0.15, -0.1) is 0 Å². The number of hydrogen-bond donors (Lipinski definition) is 0. The molecule has 1 aliphatic heterocycles. The molecule has 0 N–H and O–H groups in total. The highest BCUT2D eigenvalue weighted by molar-refractivity contribution is 4.98. The molecule has 0 amide bonds. The summed E-state index contributed by atoms with van der Waals surface area (Å²) < 4.78 is 6.14. The minimum absolute atomic E-state index is 0.517. The first kappa shape index (κ1) is 12.0. The molecule has 1 atom stereocenters. The number of rotatable bonds is 3. The van der Waals surface area contributed by atoms with Crippen molar-refractivity contribution in [3.63, 3.8) is 0 Å². The van der Waals surface area contributed by atoms with Gasteiger partial charge in [-0.05, 0) is 55.8 Å². The van der Waals surface area contributed by atoms with E-state index in [2.05, 4.69) is 6.92 Å². The third-order valence-electron chi connectivity index (χ3n) is 6.09. The lowest BCUT2D eigenvalue weighted by atomic mass is 9.62. The fraction of sp³-hybridized carbons (Fsp3) is 1.00. The second-order valence-electron chi connectivity index (χ2n) is 6.83. The Kier molecular flexibility index (Phi) is 3.47. The molecule has 0 aromatic heterocycles. The SMILES string of the molecule is CC(C1CCCC1)(C1CCCC1)C1CCCO1. The van der Waals surface area contributed by atoms with Gasteiger partial charge < -0.3 is 4.74 Å². The number of ether oxygens (including phenoxy) is 1. The molecule has 0 aromatic carbocycles. The molecule has 17 heavy (non-hydrogen) atoms. The quantitative estimate of drug-likeness (QED) is 0.698. The van der Waals surface area contributed by atoms with Gasteiger partial charge in [0.1, 0.15) is 0 Å². The largest absolute Gasteiger partial charge is 0.378 e. The van der Waals surface area contributed by atoms with E-state index in [1.807, 2.05) is 0 Å². The molecule has 0 aromatic rings. The van der Waals surface area contributed by atoms with Crippen LogP contribution in [0.2, 0.25) is 0 Å². The smallest absolute Gasteiger partial charge is 0.0634 e. The van der Waals surface area contributed by atoms with Crippen LogP contribution in [-0.2, 0) is 4.74 Å². The summed E-state index contributed by atoms with van der Waals surface area (Å²) in [7, 11) is 0. The Bertz CT molecular complexity index is 201. The van der Waals surface area contributed by atoms with Gasteiger partial charge in [-0.25, -0.2) is 0 Å². The van der Waals surface area contributed by atoms with Crippen molar-refractivity contribution in [2.75, 3.05) is 6.61 Å². The average molecular weight is 236 g/mol. The predicted octanol–water partition coefficient (Wildman–Crippen LogP) is 4.55. The van der Waals surface area contributed by atoms with Crippen LogP contribution in [0.1, 0.15) is 71.1 Å². The van der Waals surface area contributed by atoms with E-state index in [1.165, 1.54) is 64.2 Å². The van der Waals surface area contributed by atoms with E-state index in [-0.39, 0.29) is 0 Å². The van der Waals surface area contributed by atoms with E-state index < -0.39 is 0 Å². The highest BCUT2D eigenvalue weighted by atomic mass is 16.5. The highest BCUT2D eigenvalue weighted by Crippen LogP contribution is 2.54. The summed E-state index contributed by atoms with van der Waals surface area (Å²) in [4.78, 5) is 0. The van der Waals surface area contributed by atoms with Crippen molar-refractivity contribution in [1.82, 2.24) is 0 Å². The molecule has 3 aliphatic rings. The zero-order valence-corrected chi connectivity index (χ0v) is 11.4. The van der Waals surface area contributed by atoms with Crippen LogP contribution >= 0.6 is 0 Å². The van der Waals surface area contributed by atoms with Gasteiger partial charge in [0.05, 0.1) is 6.10 Å². The fourth-order valence-corrected chi connectivity index (χ4v) is 5.02. The molecule has 1 heteroatoms. The molecule has 98 valence electrons. The van der Waals surface area contributed by atoms with Crippen LogP contribution in [0, 0.1) is 17.3 Å². The van der Waals surface area contributed by atoms with Crippen molar-refractivity contribution in [3.8, 4) is 0 Å². The standard InChI is InChI=1S/C16H28O/c1-16(13-7-2-3-8-13,14-9-4-5-10-14)15-11-6-12-17-15/h13-15H,2-12H2,1H3. The Hall–Kier alpha value is -0.0400. The van der Waals surface area contributed by atoms with Gasteiger partial charge in [0.15, 0.2) is 0 Å². The van der Waals surface area contributed by atoms with Gasteiger partial charge in [0.25, 0.3) is 0 Å². The lowest BCUT2D eigenvalue weighted by molar-refractivity contribution is -0.0627. The normalized spacial score (nSPS) is 32.6. The van der Waals surface area contributed by atoms with Gasteiger partial charge in [-0.3, -0.25) is 0 Å². The number of hydrogen-bond acceptors (Lipinski definition) is 1. The van der Waals surface area contributed by atoms with E-state index in [0.717, 1.165) is 18.4 Å². The predicted molar refractivity (Wildman–Crippen MR) is 71.0 cm³/mol. The first-order valence-electron chi connectivity index (χ1n) is 7.93. The van der Waals surface area contributed by atoms with Crippen molar-refractivity contribution >= 4 is 0 Å². The Morgan fingerprint density at radius 2 is 1.29 bits per heavy atom. The van der Waals surface area contributed by atoms with E-state index in [9.17, 15) is 0 Å². The summed E-state index contributed by atoms with van der Waals surface area (Å²) in [6.45, 7) is 3.62. The Morgan fingerprint density at radius 3 is 1.71 bits per heavy atom. The maximum atomic E-state index is 6.14. The maximum absolute atomic E-state index is 6.14. The monoisotopic (exact) mass is 236 g/mol. The topological polar surface area (TPSA) is 9.23 Å². The first-order chi connectivity index (χ1) is 8.32. The van der Waals surface area contributed by atoms with Crippen molar-refractivity contribution in [1.29, 1.82) is 0 Å². The zero-order valence-electron chi connectivity index (χ0n) is 11.4. The third kappa shape index (κ3) is 2.05. The summed E-state index contributed by atoms with van der Waals surface area (Å²) in [5.74, 6) is 1.93. The van der Waals surface area contributed by atoms with E-state index in [4.69, 9.17) is 4.74 Å². The van der Waals surface area contributed by atoms with Crippen LogP contribution in [-0.4, -0.2) is 12.7 Å². The molecule has 1 saturated heterocycles. The molecule has 2 aliphatic carbocycles. The Labute approximate surface area is 106 Å². The minimum Gasteiger partial charge on any atom is -0.378 e. The summed E-state index contributed by atoms with van der Waals surface area (Å²) in [6, 6.07) is 0. The molecule has 3 rings (SSSR count). The van der Waals surface area contributed by atoms with E-state index in [1.54, 1.807) is 0 Å². The van der Waals surface area contributed by atoms with Gasteiger partial charge in [0.2, 0.25) is 0 Å². The van der Waals surface area contributed by atoms with Crippen LogP contribution in [0.3, 0.4) is 0 Å². The van der Waals surface area contributed by atoms with Crippen molar-refractivity contribution in [3.05, 3.63) is 0 Å². The molecular formula is C16H28O. The van der Waals surface area contributed by atoms with Gasteiger partial charge in [-0.2, -0.15) is 0 Å². The van der Waals surface area contributed by atoms with Crippen LogP contribution < -0.4 is 0 Å². The van der Waals surface area contributed by atoms with Gasteiger partial charge in [-0.1, -0.05) is 32.6 Å². The Balaban J connectivity index is 1.81. The van der Waals surface area contributed by atoms with Crippen molar-refractivity contribution in [2.45, 2.75) is 77.2 Å². The summed E-state index contributed by atoms with van der Waals surface area (Å²) in [5, 5.41) is 0. The Morgan fingerprint density at radius 1 is 0.765 bits per heavy atom. The summed E-state index contributed by atoms with van der Waals surface area (Å²) in [6.07, 6.45) is 15.0. The molecule has 0 spiro atoms. The van der Waals surface area contributed by atoms with Gasteiger partial charge in [0, 0.05) is 6.61 Å². The lowest BCUT2D eigenvalue weighted by Crippen LogP contribution is -2.43. The zero-order chi connectivity index (χ0) is 11.7. The van der Waals surface area contributed by atoms with Crippen molar-refractivity contribution in [2.24, 2.45) is 17.3 Å². The average Bonchev–Trinajstić information content (AvgIpc) is 3.10. The van der Waals surface area contributed by atoms with Crippen molar-refractivity contribution < 1.29 is 4.74 Å². The molecule has 0 bridgehead atoms. The molecule has 1 nitrogen and oxygen atoms in total. The maximum Gasteiger partial charge on any atom is 0.0634 e. The van der Waals surface area contributed by atoms with Crippen LogP contribution in [0.4, 0.5) is 0 Å². The minimum atomic E-state index is 0.517. The fourth-order valence-electron chi connectivity index (χ4n) is 5.02. The summed E-state index contributed by atoms with van der Waals surface area (Å²) in [5.41, 5.74) is 0.517. The second-order valence-corrected chi connectivity index (χ2v) is 6.83. The molecular weight excluding hydrogens is 208 g/mol. The van der Waals surface area contributed by atoms with E-state index >= 15 is 0 Å². The van der Waals surface area contributed by atoms with Crippen LogP contribution in [0.25, 0.3) is 0 Å². The lowest BCUT2D eigenvalue weighted by Gasteiger charge is -2.45.